The minimum Gasteiger partial charge on any atom is -0.507 e. The number of nitrogen functional groups attached to an aromatic ring is 1. The number of urea groups is 1. The summed E-state index contributed by atoms with van der Waals surface area (Å²) >= 11 is 0. The molecule has 11 rings (SSSR count). The zero-order valence-electron chi connectivity index (χ0n) is 36.2. The number of phenolic OH excluding ortho intramolecular Hbond substituents is 1. The number of hydrogen-bond donors (Lipinski definition) is 3. The molecule has 65 heavy (non-hydrogen) atoms. The summed E-state index contributed by atoms with van der Waals surface area (Å²) < 4.78 is 46.3. The second-order valence-electron chi connectivity index (χ2n) is 18.6. The Morgan fingerprint density at radius 2 is 1.55 bits per heavy atom. The predicted octanol–water partition coefficient (Wildman–Crippen LogP) is 6.26. The van der Waals surface area contributed by atoms with Crippen LogP contribution in [-0.2, 0) is 14.3 Å². The number of nitrogens with zero attached hydrogens (tertiary/aromatic N) is 8. The number of anilines is 5. The highest BCUT2D eigenvalue weighted by Gasteiger charge is 2.43. The lowest BCUT2D eigenvalue weighted by molar-refractivity contribution is -0.295. The summed E-state index contributed by atoms with van der Waals surface area (Å²) in [4.78, 5) is 34.8. The summed E-state index contributed by atoms with van der Waals surface area (Å²) in [7, 11) is 0. The van der Waals surface area contributed by atoms with Crippen LogP contribution >= 0.6 is 0 Å². The Hall–Kier alpha value is -6.04. The first-order valence-corrected chi connectivity index (χ1v) is 23.0. The average Bonchev–Trinajstić information content (AvgIpc) is 3.87. The van der Waals surface area contributed by atoms with Crippen LogP contribution in [0, 0.1) is 17.6 Å². The Labute approximate surface area is 375 Å². The van der Waals surface area contributed by atoms with E-state index in [0.717, 1.165) is 95.7 Å². The lowest BCUT2D eigenvalue weighted by atomic mass is 9.94. The van der Waals surface area contributed by atoms with Crippen LogP contribution in [-0.4, -0.2) is 120 Å². The van der Waals surface area contributed by atoms with Crippen LogP contribution in [0.5, 0.6) is 5.75 Å². The van der Waals surface area contributed by atoms with Crippen molar-refractivity contribution in [3.8, 4) is 17.0 Å². The molecule has 0 aliphatic carbocycles. The Bertz CT molecular complexity index is 2610. The topological polar surface area (TPSA) is 158 Å². The molecule has 2 unspecified atom stereocenters. The number of para-hydroxylation sites is 1. The number of carbonyl (C=O) groups is 2. The van der Waals surface area contributed by atoms with E-state index in [9.17, 15) is 14.7 Å². The van der Waals surface area contributed by atoms with Crippen molar-refractivity contribution in [1.82, 2.24) is 25.0 Å². The summed E-state index contributed by atoms with van der Waals surface area (Å²) in [5.41, 5.74) is 11.0. The highest BCUT2D eigenvalue weighted by Crippen LogP contribution is 2.42. The Morgan fingerprint density at radius 1 is 0.800 bits per heavy atom. The van der Waals surface area contributed by atoms with E-state index in [1.165, 1.54) is 4.90 Å². The summed E-state index contributed by atoms with van der Waals surface area (Å²) in [5, 5.41) is 21.7. The van der Waals surface area contributed by atoms with E-state index in [0.29, 0.717) is 52.8 Å². The molecule has 6 aliphatic heterocycles. The van der Waals surface area contributed by atoms with Gasteiger partial charge in [-0.3, -0.25) is 15.0 Å². The number of ether oxygens (including phenoxy) is 2. The Kier molecular flexibility index (Phi) is 10.7. The number of hydrogen-bond acceptors (Lipinski definition) is 12. The van der Waals surface area contributed by atoms with E-state index in [-0.39, 0.29) is 54.3 Å². The second-order valence-corrected chi connectivity index (χ2v) is 18.6. The van der Waals surface area contributed by atoms with Crippen LogP contribution < -0.4 is 30.7 Å². The number of aromatic nitrogens is 3. The van der Waals surface area contributed by atoms with Crippen LogP contribution in [0.15, 0.2) is 72.9 Å². The SMILES string of the molecule is Nc1nnc(-c2ccccc2O)cc1N1CC2CCC(C1)N2c1ccc(F)c(N2CCC(CN3CCC4(CC3)OCC(n3ccc5c(F)c(N6CCC(=O)NC6=O)ccc53)CO4)CC2)c1. The fourth-order valence-electron chi connectivity index (χ4n) is 11.2. The molecule has 340 valence electrons. The molecule has 6 saturated heterocycles. The molecule has 2 atom stereocenters. The number of amides is 3. The number of phenols is 1. The lowest BCUT2D eigenvalue weighted by Crippen LogP contribution is -2.54. The van der Waals surface area contributed by atoms with Gasteiger partial charge in [0.05, 0.1) is 47.5 Å². The van der Waals surface area contributed by atoms with Crippen molar-refractivity contribution in [2.75, 3.05) is 90.9 Å². The van der Waals surface area contributed by atoms with E-state index in [1.807, 2.05) is 35.0 Å². The van der Waals surface area contributed by atoms with Gasteiger partial charge in [-0.05, 0) is 86.2 Å². The number of benzene rings is 3. The Morgan fingerprint density at radius 3 is 2.29 bits per heavy atom. The van der Waals surface area contributed by atoms with Gasteiger partial charge in [0.2, 0.25) is 5.91 Å². The monoisotopic (exact) mass is 888 g/mol. The van der Waals surface area contributed by atoms with Gasteiger partial charge in [-0.2, -0.15) is 0 Å². The van der Waals surface area contributed by atoms with E-state index < -0.39 is 17.6 Å². The minimum atomic E-state index is -0.633. The molecule has 2 bridgehead atoms. The van der Waals surface area contributed by atoms with Gasteiger partial charge in [-0.25, -0.2) is 13.6 Å². The first kappa shape index (κ1) is 41.7. The molecule has 6 fully saturated rings. The van der Waals surface area contributed by atoms with Crippen LogP contribution in [0.2, 0.25) is 0 Å². The summed E-state index contributed by atoms with van der Waals surface area (Å²) in [6.45, 7) is 6.87. The van der Waals surface area contributed by atoms with Gasteiger partial charge in [0, 0.05) is 107 Å². The van der Waals surface area contributed by atoms with Crippen LogP contribution in [0.3, 0.4) is 0 Å². The molecule has 5 aromatic rings. The molecule has 3 aromatic carbocycles. The van der Waals surface area contributed by atoms with Crippen molar-refractivity contribution in [3.05, 3.63) is 84.6 Å². The highest BCUT2D eigenvalue weighted by atomic mass is 19.1. The van der Waals surface area contributed by atoms with E-state index in [4.69, 9.17) is 15.2 Å². The average molecular weight is 889 g/mol. The van der Waals surface area contributed by atoms with Crippen LogP contribution in [0.4, 0.5) is 42.1 Å². The smallest absolute Gasteiger partial charge is 0.328 e. The number of rotatable bonds is 8. The molecule has 0 saturated carbocycles. The summed E-state index contributed by atoms with van der Waals surface area (Å²) in [5.74, 6) is -0.650. The molecule has 0 radical (unpaired) electrons. The Balaban J connectivity index is 0.667. The number of carbonyl (C=O) groups excluding carboxylic acids is 2. The standard InChI is InChI=1S/C48H54F2N10O5/c49-37-8-7-31(60-32-5-6-33(60)27-57(26-32)42-24-38(53-54-46(42)51)35-3-1-2-4-43(35)61)23-41(37)56-17-11-30(12-18-56)25-55-21-15-48(16-22-55)64-28-34(29-65-48)58-19-13-36-39(58)9-10-40(45(36)50)59-20-14-44(62)52-47(59)63/h1-4,7-10,13,19,23-24,30,32-34,61H,5-6,11-12,14-18,20-22,25-29H2,(H2,51,54)(H,52,62,63). The number of likely N-dealkylation sites (tertiary alicyclic amines) is 1. The van der Waals surface area contributed by atoms with Crippen molar-refractivity contribution < 1.29 is 33.0 Å². The van der Waals surface area contributed by atoms with Gasteiger partial charge in [0.1, 0.15) is 11.6 Å². The van der Waals surface area contributed by atoms with Crippen molar-refractivity contribution in [2.24, 2.45) is 5.92 Å². The third-order valence-electron chi connectivity index (χ3n) is 14.8. The molecule has 15 nitrogen and oxygen atoms in total. The quantitative estimate of drug-likeness (QED) is 0.161. The van der Waals surface area contributed by atoms with Gasteiger partial charge < -0.3 is 44.5 Å². The number of nitrogens with one attached hydrogen (secondary N) is 1. The van der Waals surface area contributed by atoms with Crippen LogP contribution in [0.25, 0.3) is 22.2 Å². The number of nitrogens with two attached hydrogens (primary N) is 1. The van der Waals surface area contributed by atoms with Crippen molar-refractivity contribution in [1.29, 1.82) is 0 Å². The molecule has 17 heteroatoms. The highest BCUT2D eigenvalue weighted by molar-refractivity contribution is 6.06. The minimum absolute atomic E-state index is 0.122. The number of imide groups is 1. The first-order valence-electron chi connectivity index (χ1n) is 23.0. The maximum absolute atomic E-state index is 15.7. The van der Waals surface area contributed by atoms with Crippen molar-refractivity contribution in [2.45, 2.75) is 68.9 Å². The van der Waals surface area contributed by atoms with Crippen LogP contribution in [0.1, 0.15) is 51.0 Å². The number of piperidine rings is 2. The zero-order chi connectivity index (χ0) is 44.4. The molecule has 4 N–H and O–H groups in total. The van der Waals surface area contributed by atoms with Gasteiger partial charge >= 0.3 is 6.03 Å². The van der Waals surface area contributed by atoms with E-state index >= 15 is 8.78 Å². The van der Waals surface area contributed by atoms with Gasteiger partial charge in [-0.1, -0.05) is 12.1 Å². The first-order chi connectivity index (χ1) is 31.6. The summed E-state index contributed by atoms with van der Waals surface area (Å²) in [6.07, 6.45) is 7.55. The van der Waals surface area contributed by atoms with E-state index in [2.05, 4.69) is 41.2 Å². The second kappa shape index (κ2) is 16.7. The normalized spacial score (nSPS) is 23.2. The maximum atomic E-state index is 15.7. The van der Waals surface area contributed by atoms with Crippen molar-refractivity contribution >= 4 is 51.4 Å². The van der Waals surface area contributed by atoms with E-state index in [1.54, 1.807) is 36.4 Å². The largest absolute Gasteiger partial charge is 0.507 e. The fraction of sp³-hybridized carbons (Fsp3) is 0.458. The zero-order valence-corrected chi connectivity index (χ0v) is 36.2. The van der Waals surface area contributed by atoms with Crippen molar-refractivity contribution in [3.63, 3.8) is 0 Å². The van der Waals surface area contributed by atoms with Gasteiger partial charge in [0.25, 0.3) is 0 Å². The molecule has 2 aromatic heterocycles. The van der Waals surface area contributed by atoms with Gasteiger partial charge in [0.15, 0.2) is 17.4 Å². The molecular weight excluding hydrogens is 835 g/mol. The third-order valence-corrected chi connectivity index (χ3v) is 14.8. The summed E-state index contributed by atoms with van der Waals surface area (Å²) in [6, 6.07) is 19.5. The fourth-order valence-corrected chi connectivity index (χ4v) is 11.2. The van der Waals surface area contributed by atoms with Gasteiger partial charge in [-0.15, -0.1) is 10.2 Å². The number of halogens is 2. The predicted molar refractivity (Wildman–Crippen MR) is 243 cm³/mol. The molecule has 8 heterocycles. The third kappa shape index (κ3) is 7.76. The maximum Gasteiger partial charge on any atom is 0.328 e. The molecular formula is C48H54F2N10O5. The lowest BCUT2D eigenvalue weighted by Gasteiger charge is -2.46. The molecule has 3 amide bonds. The molecule has 1 spiro atoms. The number of piperazine rings is 1. The molecule has 6 aliphatic rings. The number of fused-ring (bicyclic) bond motifs is 3. The number of aromatic hydroxyl groups is 1.